The van der Waals surface area contributed by atoms with Crippen LogP contribution in [0.1, 0.15) is 32.8 Å². The monoisotopic (exact) mass is 318 g/mol. The first-order valence-electron chi connectivity index (χ1n) is 6.77. The molecule has 1 aliphatic rings. The summed E-state index contributed by atoms with van der Waals surface area (Å²) in [6.07, 6.45) is 1.97. The van der Waals surface area contributed by atoms with E-state index < -0.39 is 11.1 Å². The van der Waals surface area contributed by atoms with Gasteiger partial charge in [0, 0.05) is 25.7 Å². The Morgan fingerprint density at radius 2 is 2.18 bits per heavy atom. The summed E-state index contributed by atoms with van der Waals surface area (Å²) in [5.74, 6) is -0.623. The Hall–Kier alpha value is -2.27. The van der Waals surface area contributed by atoms with Crippen molar-refractivity contribution < 1.29 is 14.0 Å². The zero-order chi connectivity index (χ0) is 15.7. The number of carbonyl (C=O) groups excluding carboxylic acids is 2. The number of benzene rings is 1. The lowest BCUT2D eigenvalue weighted by Crippen LogP contribution is -2.32. The van der Waals surface area contributed by atoms with E-state index in [0.717, 1.165) is 11.3 Å². The van der Waals surface area contributed by atoms with E-state index in [-0.39, 0.29) is 11.3 Å². The molecule has 0 aliphatic carbocycles. The minimum absolute atomic E-state index is 0.0163. The minimum atomic E-state index is -0.824. The molecule has 112 valence electrons. The van der Waals surface area contributed by atoms with E-state index in [0.29, 0.717) is 25.2 Å². The summed E-state index contributed by atoms with van der Waals surface area (Å²) in [6, 6.07) is 7.87. The Bertz CT molecular complexity index is 764. The highest BCUT2D eigenvalue weighted by Crippen LogP contribution is 2.27. The molecule has 0 saturated carbocycles. The molecule has 2 heterocycles. The van der Waals surface area contributed by atoms with Crippen molar-refractivity contribution in [2.75, 3.05) is 11.4 Å². The first-order valence-corrected chi connectivity index (χ1v) is 7.15. The average molecular weight is 319 g/mol. The summed E-state index contributed by atoms with van der Waals surface area (Å²) in [5.41, 5.74) is 1.81. The zero-order valence-corrected chi connectivity index (χ0v) is 12.3. The lowest BCUT2D eigenvalue weighted by Gasteiger charge is -2.29. The summed E-state index contributed by atoms with van der Waals surface area (Å²) in [4.78, 5) is 29.2. The number of Topliss-reactive ketones (excluding diaryl/α,β-unsaturated/α-hetero) is 1. The Kier molecular flexibility index (Phi) is 3.90. The van der Waals surface area contributed by atoms with Gasteiger partial charge in [0.05, 0.1) is 11.3 Å². The van der Waals surface area contributed by atoms with Crippen molar-refractivity contribution >= 4 is 28.3 Å². The van der Waals surface area contributed by atoms with E-state index >= 15 is 0 Å². The maximum Gasteiger partial charge on any atom is 0.255 e. The first kappa shape index (κ1) is 14.7. The molecule has 0 atom stereocenters. The molecule has 1 aromatic carbocycles. The molecule has 0 amide bonds. The largest absolute Gasteiger partial charge is 0.365 e. The average Bonchev–Trinajstić information content (AvgIpc) is 2.52. The van der Waals surface area contributed by atoms with Crippen LogP contribution in [0.5, 0.6) is 0 Å². The molecule has 0 radical (unpaired) electrons. The quantitative estimate of drug-likeness (QED) is 0.816. The van der Waals surface area contributed by atoms with Crippen LogP contribution in [0.25, 0.3) is 0 Å². The highest BCUT2D eigenvalue weighted by atomic mass is 35.5. The Labute approximate surface area is 131 Å². The van der Waals surface area contributed by atoms with Gasteiger partial charge in [-0.2, -0.15) is 0 Å². The third-order valence-corrected chi connectivity index (χ3v) is 3.82. The van der Waals surface area contributed by atoms with Crippen LogP contribution in [0.15, 0.2) is 36.5 Å². The van der Waals surface area contributed by atoms with Crippen molar-refractivity contribution in [2.45, 2.75) is 13.0 Å². The van der Waals surface area contributed by atoms with Crippen molar-refractivity contribution in [2.24, 2.45) is 0 Å². The Morgan fingerprint density at radius 3 is 2.95 bits per heavy atom. The van der Waals surface area contributed by atoms with E-state index in [4.69, 9.17) is 11.6 Å². The smallest absolute Gasteiger partial charge is 0.255 e. The second kappa shape index (κ2) is 5.85. The van der Waals surface area contributed by atoms with Gasteiger partial charge in [-0.3, -0.25) is 14.6 Å². The third kappa shape index (κ3) is 2.72. The lowest BCUT2D eigenvalue weighted by molar-refractivity contribution is 0.0974. The minimum Gasteiger partial charge on any atom is -0.365 e. The number of pyridine rings is 1. The van der Waals surface area contributed by atoms with Gasteiger partial charge in [0.1, 0.15) is 11.5 Å². The van der Waals surface area contributed by atoms with Crippen LogP contribution >= 0.6 is 11.6 Å². The highest BCUT2D eigenvalue weighted by molar-refractivity contribution is 6.67. The maximum absolute atomic E-state index is 13.5. The predicted molar refractivity (Wildman–Crippen MR) is 80.8 cm³/mol. The van der Waals surface area contributed by atoms with Crippen molar-refractivity contribution in [1.82, 2.24) is 4.98 Å². The topological polar surface area (TPSA) is 50.3 Å². The lowest BCUT2D eigenvalue weighted by atomic mass is 10.0. The molecule has 1 aromatic heterocycles. The second-order valence-electron chi connectivity index (χ2n) is 5.05. The number of fused-ring (bicyclic) bond motifs is 1. The van der Waals surface area contributed by atoms with E-state index in [1.807, 2.05) is 11.0 Å². The number of rotatable bonds is 3. The predicted octanol–water partition coefficient (Wildman–Crippen LogP) is 3.19. The number of hydrogen-bond acceptors (Lipinski definition) is 4. The number of carbonyl (C=O) groups is 2. The fourth-order valence-electron chi connectivity index (χ4n) is 2.55. The van der Waals surface area contributed by atoms with E-state index in [9.17, 15) is 14.0 Å². The summed E-state index contributed by atoms with van der Waals surface area (Å²) in [6.45, 7) is 1.00. The van der Waals surface area contributed by atoms with E-state index in [1.54, 1.807) is 18.3 Å². The summed E-state index contributed by atoms with van der Waals surface area (Å²) in [7, 11) is 0. The number of halogens is 2. The fourth-order valence-corrected chi connectivity index (χ4v) is 2.69. The molecule has 4 nitrogen and oxygen atoms in total. The van der Waals surface area contributed by atoms with Gasteiger partial charge in [-0.25, -0.2) is 4.39 Å². The number of hydrogen-bond donors (Lipinski definition) is 0. The molecule has 0 saturated heterocycles. The van der Waals surface area contributed by atoms with Crippen LogP contribution in [-0.2, 0) is 6.54 Å². The molecule has 2 aromatic rings. The Morgan fingerprint density at radius 1 is 1.36 bits per heavy atom. The van der Waals surface area contributed by atoms with E-state index in [1.165, 1.54) is 12.1 Å². The second-order valence-corrected chi connectivity index (χ2v) is 5.40. The fraction of sp³-hybridized carbons (Fsp3) is 0.188. The van der Waals surface area contributed by atoms with Gasteiger partial charge >= 0.3 is 0 Å². The summed E-state index contributed by atoms with van der Waals surface area (Å²) < 4.78 is 13.5. The van der Waals surface area contributed by atoms with Gasteiger partial charge in [-0.15, -0.1) is 0 Å². The highest BCUT2D eigenvalue weighted by Gasteiger charge is 2.24. The number of aromatic nitrogens is 1. The molecule has 6 heteroatoms. The number of nitrogens with zero attached hydrogens (tertiary/aromatic N) is 2. The molecule has 3 rings (SSSR count). The van der Waals surface area contributed by atoms with Crippen LogP contribution in [0.2, 0.25) is 0 Å². The molecule has 0 spiro atoms. The van der Waals surface area contributed by atoms with Crippen molar-refractivity contribution in [3.05, 3.63) is 59.2 Å². The van der Waals surface area contributed by atoms with Crippen LogP contribution in [-0.4, -0.2) is 22.6 Å². The third-order valence-electron chi connectivity index (χ3n) is 3.62. The van der Waals surface area contributed by atoms with Crippen LogP contribution in [0.3, 0.4) is 0 Å². The van der Waals surface area contributed by atoms with Gasteiger partial charge in [0.25, 0.3) is 5.24 Å². The molecule has 22 heavy (non-hydrogen) atoms. The van der Waals surface area contributed by atoms with Crippen molar-refractivity contribution in [1.29, 1.82) is 0 Å². The molecule has 0 fully saturated rings. The number of anilines is 1. The molecular formula is C16H12ClFN2O2. The van der Waals surface area contributed by atoms with Crippen LogP contribution < -0.4 is 4.90 Å². The first-order chi connectivity index (χ1) is 10.6. The normalized spacial score (nSPS) is 13.9. The molecule has 0 unspecified atom stereocenters. The number of ketones is 1. The molecular weight excluding hydrogens is 307 g/mol. The van der Waals surface area contributed by atoms with Gasteiger partial charge in [0.2, 0.25) is 0 Å². The van der Waals surface area contributed by atoms with Gasteiger partial charge < -0.3 is 4.90 Å². The van der Waals surface area contributed by atoms with Gasteiger partial charge in [-0.05, 0) is 41.4 Å². The SMILES string of the molecule is O=C(Cl)c1cc(CN2CCC(=O)c3ncccc32)ccc1F. The van der Waals surface area contributed by atoms with Gasteiger partial charge in [0.15, 0.2) is 5.78 Å². The summed E-state index contributed by atoms with van der Waals surface area (Å²) in [5, 5.41) is -0.824. The molecule has 1 aliphatic heterocycles. The van der Waals surface area contributed by atoms with Crippen molar-refractivity contribution in [3.63, 3.8) is 0 Å². The zero-order valence-electron chi connectivity index (χ0n) is 11.6. The molecule has 0 N–H and O–H groups in total. The Balaban J connectivity index is 1.91. The van der Waals surface area contributed by atoms with Crippen LogP contribution in [0, 0.1) is 5.82 Å². The van der Waals surface area contributed by atoms with Crippen molar-refractivity contribution in [3.8, 4) is 0 Å². The maximum atomic E-state index is 13.5. The standard InChI is InChI=1S/C16H12ClFN2O2/c17-16(22)11-8-10(3-4-12(11)18)9-20-7-5-14(21)15-13(20)2-1-6-19-15/h1-4,6,8H,5,7,9H2. The van der Waals surface area contributed by atoms with E-state index in [2.05, 4.69) is 4.98 Å². The molecule has 0 bridgehead atoms. The summed E-state index contributed by atoms with van der Waals surface area (Å²) >= 11 is 5.38. The van der Waals surface area contributed by atoms with Crippen LogP contribution in [0.4, 0.5) is 10.1 Å². The van der Waals surface area contributed by atoms with Gasteiger partial charge in [-0.1, -0.05) is 6.07 Å².